The van der Waals surface area contributed by atoms with Gasteiger partial charge in [0.1, 0.15) is 28.5 Å². The van der Waals surface area contributed by atoms with Crippen LogP contribution < -0.4 is 38.2 Å². The molecule has 7 aromatic rings. The molecule has 0 aliphatic heterocycles. The number of unbranched alkanes of at least 4 members (excludes halogenated alkanes) is 1. The molecule has 0 amide bonds. The van der Waals surface area contributed by atoms with Gasteiger partial charge in [0, 0.05) is 11.1 Å². The first-order valence-corrected chi connectivity index (χ1v) is 18.5. The van der Waals surface area contributed by atoms with Crippen LogP contribution in [0, 0.1) is 0 Å². The van der Waals surface area contributed by atoms with Crippen molar-refractivity contribution in [2.75, 3.05) is 0 Å². The van der Waals surface area contributed by atoms with Crippen LogP contribution in [0.5, 0.6) is 0 Å². The maximum absolute atomic E-state index is 2.62. The summed E-state index contributed by atoms with van der Waals surface area (Å²) in [6, 6.07) is 69.8. The standard InChI is InChI=1S/C46H40P.BrH/c1-2-3-22-39-35-43(47(40-29-16-7-17-30-40,41-31-18-8-19-32-41)42-33-20-9-21-34-42)45(37-25-12-5-13-26-37)46(38-27-14-6-15-28-38)44(39)36-23-10-4-11-24-36;/h4-21,23-35H,2-3,22H2,1H3;1H/q+1;/p-1. The van der Waals surface area contributed by atoms with Crippen molar-refractivity contribution in [2.45, 2.75) is 26.2 Å². The lowest BCUT2D eigenvalue weighted by Gasteiger charge is -2.32. The molecule has 7 aromatic carbocycles. The normalized spacial score (nSPS) is 11.1. The van der Waals surface area contributed by atoms with E-state index in [1.807, 2.05) is 0 Å². The zero-order chi connectivity index (χ0) is 31.9. The predicted molar refractivity (Wildman–Crippen MR) is 206 cm³/mol. The maximum Gasteiger partial charge on any atom is 0.145 e. The van der Waals surface area contributed by atoms with Crippen molar-refractivity contribution >= 4 is 28.5 Å². The van der Waals surface area contributed by atoms with Gasteiger partial charge in [0.2, 0.25) is 0 Å². The fraction of sp³-hybridized carbons (Fsp3) is 0.0870. The number of benzene rings is 7. The Kier molecular flexibility index (Phi) is 10.8. The van der Waals surface area contributed by atoms with Crippen molar-refractivity contribution in [3.63, 3.8) is 0 Å². The summed E-state index contributed by atoms with van der Waals surface area (Å²) in [4.78, 5) is 0. The molecule has 0 aromatic heterocycles. The highest BCUT2D eigenvalue weighted by Gasteiger charge is 2.50. The summed E-state index contributed by atoms with van der Waals surface area (Å²) in [7, 11) is -2.43. The Morgan fingerprint density at radius 1 is 0.396 bits per heavy atom. The molecule has 0 N–H and O–H groups in total. The molecule has 0 atom stereocenters. The van der Waals surface area contributed by atoms with Crippen LogP contribution >= 0.6 is 7.26 Å². The van der Waals surface area contributed by atoms with Crippen molar-refractivity contribution in [1.82, 2.24) is 0 Å². The van der Waals surface area contributed by atoms with Gasteiger partial charge < -0.3 is 17.0 Å². The molecule has 7 rings (SSSR count). The highest BCUT2D eigenvalue weighted by molar-refractivity contribution is 8.01. The van der Waals surface area contributed by atoms with E-state index in [1.54, 1.807) is 0 Å². The third-order valence-corrected chi connectivity index (χ3v) is 13.5. The summed E-state index contributed by atoms with van der Waals surface area (Å²) in [6.07, 6.45) is 3.29. The minimum atomic E-state index is -2.43. The molecule has 0 spiro atoms. The van der Waals surface area contributed by atoms with Crippen molar-refractivity contribution in [3.8, 4) is 33.4 Å². The van der Waals surface area contributed by atoms with Gasteiger partial charge in [0.15, 0.2) is 0 Å². The molecule has 0 nitrogen and oxygen atoms in total. The van der Waals surface area contributed by atoms with Gasteiger partial charge in [-0.25, -0.2) is 0 Å². The average molecular weight is 704 g/mol. The van der Waals surface area contributed by atoms with Crippen LogP contribution in [0.4, 0.5) is 0 Å². The molecule has 2 heteroatoms. The SMILES string of the molecule is CCCCc1cc([P+](c2ccccc2)(c2ccccc2)c2ccccc2)c(-c2ccccc2)c(-c2ccccc2)c1-c1ccccc1.[Br-]. The van der Waals surface area contributed by atoms with Gasteiger partial charge in [-0.3, -0.25) is 0 Å². The summed E-state index contributed by atoms with van der Waals surface area (Å²) >= 11 is 0. The van der Waals surface area contributed by atoms with Crippen LogP contribution in [-0.4, -0.2) is 0 Å². The molecular weight excluding hydrogens is 663 g/mol. The summed E-state index contributed by atoms with van der Waals surface area (Å²) in [6.45, 7) is 2.30. The van der Waals surface area contributed by atoms with Crippen LogP contribution in [0.1, 0.15) is 25.3 Å². The third-order valence-electron chi connectivity index (χ3n) is 9.17. The minimum Gasteiger partial charge on any atom is -1.00 e. The van der Waals surface area contributed by atoms with Crippen LogP contribution in [-0.2, 0) is 6.42 Å². The molecule has 48 heavy (non-hydrogen) atoms. The Labute approximate surface area is 297 Å². The Morgan fingerprint density at radius 3 is 1.10 bits per heavy atom. The molecule has 0 heterocycles. The fourth-order valence-corrected chi connectivity index (χ4v) is 11.6. The second-order valence-corrected chi connectivity index (χ2v) is 15.4. The van der Waals surface area contributed by atoms with E-state index in [0.717, 1.165) is 19.3 Å². The van der Waals surface area contributed by atoms with E-state index in [2.05, 4.69) is 195 Å². The molecule has 0 radical (unpaired) electrons. The minimum absolute atomic E-state index is 0. The smallest absolute Gasteiger partial charge is 0.145 e. The monoisotopic (exact) mass is 702 g/mol. The topological polar surface area (TPSA) is 0 Å². The Morgan fingerprint density at radius 2 is 0.729 bits per heavy atom. The summed E-state index contributed by atoms with van der Waals surface area (Å²) in [5.41, 5.74) is 9.16. The first-order chi connectivity index (χ1) is 23.3. The van der Waals surface area contributed by atoms with E-state index in [9.17, 15) is 0 Å². The molecule has 0 saturated heterocycles. The quantitative estimate of drug-likeness (QED) is 0.129. The van der Waals surface area contributed by atoms with E-state index >= 15 is 0 Å². The van der Waals surface area contributed by atoms with E-state index in [4.69, 9.17) is 0 Å². The second kappa shape index (κ2) is 15.6. The van der Waals surface area contributed by atoms with Gasteiger partial charge in [0.05, 0.1) is 0 Å². The first kappa shape index (κ1) is 33.4. The van der Waals surface area contributed by atoms with Crippen molar-refractivity contribution in [3.05, 3.63) is 194 Å². The highest BCUT2D eigenvalue weighted by Crippen LogP contribution is 2.58. The molecule has 0 fully saturated rings. The zero-order valence-corrected chi connectivity index (χ0v) is 29.8. The number of hydrogen-bond donors (Lipinski definition) is 0. The molecule has 0 saturated carbocycles. The van der Waals surface area contributed by atoms with E-state index in [1.165, 1.54) is 60.2 Å². The lowest BCUT2D eigenvalue weighted by Crippen LogP contribution is -3.00. The predicted octanol–water partition coefficient (Wildman–Crippen LogP) is 7.65. The van der Waals surface area contributed by atoms with Gasteiger partial charge in [-0.1, -0.05) is 159 Å². The van der Waals surface area contributed by atoms with Gasteiger partial charge in [0.25, 0.3) is 0 Å². The van der Waals surface area contributed by atoms with E-state index in [0.29, 0.717) is 0 Å². The van der Waals surface area contributed by atoms with E-state index < -0.39 is 7.26 Å². The van der Waals surface area contributed by atoms with Crippen molar-refractivity contribution in [1.29, 1.82) is 0 Å². The Hall–Kier alpha value is -4.55. The van der Waals surface area contributed by atoms with Gasteiger partial charge in [-0.2, -0.15) is 0 Å². The van der Waals surface area contributed by atoms with Crippen molar-refractivity contribution < 1.29 is 17.0 Å². The second-order valence-electron chi connectivity index (χ2n) is 12.1. The number of aryl methyl sites for hydroxylation is 1. The summed E-state index contributed by atoms with van der Waals surface area (Å²) < 4.78 is 0. The molecule has 0 aliphatic carbocycles. The van der Waals surface area contributed by atoms with Crippen molar-refractivity contribution in [2.24, 2.45) is 0 Å². The molecule has 236 valence electrons. The summed E-state index contributed by atoms with van der Waals surface area (Å²) in [5.74, 6) is 0. The van der Waals surface area contributed by atoms with E-state index in [-0.39, 0.29) is 17.0 Å². The molecule has 0 bridgehead atoms. The van der Waals surface area contributed by atoms with Crippen LogP contribution in [0.2, 0.25) is 0 Å². The number of rotatable bonds is 10. The van der Waals surface area contributed by atoms with Crippen LogP contribution in [0.3, 0.4) is 0 Å². The molecular formula is C46H40BrP. The maximum atomic E-state index is 2.62. The summed E-state index contributed by atoms with van der Waals surface area (Å²) in [5, 5.41) is 5.50. The molecule has 0 aliphatic rings. The highest BCUT2D eigenvalue weighted by atomic mass is 79.9. The average Bonchev–Trinajstić information content (AvgIpc) is 3.16. The number of halogens is 1. The largest absolute Gasteiger partial charge is 1.00 e. The van der Waals surface area contributed by atoms with Crippen LogP contribution in [0.25, 0.3) is 33.4 Å². The van der Waals surface area contributed by atoms with Crippen LogP contribution in [0.15, 0.2) is 188 Å². The Bertz CT molecular complexity index is 1930. The lowest BCUT2D eigenvalue weighted by atomic mass is 9.83. The Balaban J connectivity index is 0.00000401. The number of hydrogen-bond acceptors (Lipinski definition) is 0. The molecule has 0 unspecified atom stereocenters. The van der Waals surface area contributed by atoms with Gasteiger partial charge in [-0.15, -0.1) is 0 Å². The fourth-order valence-electron chi connectivity index (χ4n) is 7.10. The van der Waals surface area contributed by atoms with Gasteiger partial charge in [-0.05, 0) is 83.1 Å². The first-order valence-electron chi connectivity index (χ1n) is 16.7. The zero-order valence-electron chi connectivity index (χ0n) is 27.3. The van der Waals surface area contributed by atoms with Gasteiger partial charge >= 0.3 is 0 Å². The third kappa shape index (κ3) is 6.34. The lowest BCUT2D eigenvalue weighted by molar-refractivity contribution is -0.00000896.